The van der Waals surface area contributed by atoms with E-state index in [9.17, 15) is 0 Å². The molecule has 1 aromatic heterocycles. The fourth-order valence-electron chi connectivity index (χ4n) is 2.24. The summed E-state index contributed by atoms with van der Waals surface area (Å²) in [5.74, 6) is 2.66. The lowest BCUT2D eigenvalue weighted by atomic mass is 10.0. The molecular weight excluding hydrogens is 260 g/mol. The highest BCUT2D eigenvalue weighted by Gasteiger charge is 2.10. The second-order valence-electron chi connectivity index (χ2n) is 5.44. The molecule has 3 N–H and O–H groups in total. The number of nitrogens with one attached hydrogen (secondary N) is 1. The van der Waals surface area contributed by atoms with E-state index in [0.717, 1.165) is 36.6 Å². The minimum absolute atomic E-state index is 0.413. The lowest BCUT2D eigenvalue weighted by molar-refractivity contribution is 0.790. The SMILES string of the molecule is CCCc1nc(N)c(C)c(NCC(C)c2ccccc2)n1. The number of rotatable bonds is 6. The van der Waals surface area contributed by atoms with Crippen LogP contribution in [0.5, 0.6) is 0 Å². The molecule has 0 bridgehead atoms. The number of hydrogen-bond donors (Lipinski definition) is 2. The van der Waals surface area contributed by atoms with Gasteiger partial charge < -0.3 is 11.1 Å². The Morgan fingerprint density at radius 3 is 2.57 bits per heavy atom. The Balaban J connectivity index is 2.09. The van der Waals surface area contributed by atoms with Crippen LogP contribution >= 0.6 is 0 Å². The van der Waals surface area contributed by atoms with E-state index in [2.05, 4.69) is 53.4 Å². The molecule has 0 saturated carbocycles. The zero-order valence-electron chi connectivity index (χ0n) is 13.1. The third-order valence-corrected chi connectivity index (χ3v) is 3.65. The van der Waals surface area contributed by atoms with Gasteiger partial charge in [-0.15, -0.1) is 0 Å². The van der Waals surface area contributed by atoms with Crippen molar-refractivity contribution in [2.24, 2.45) is 0 Å². The average Bonchev–Trinajstić information content (AvgIpc) is 2.50. The highest BCUT2D eigenvalue weighted by atomic mass is 15.1. The third-order valence-electron chi connectivity index (χ3n) is 3.65. The molecule has 0 fully saturated rings. The molecule has 2 rings (SSSR count). The second-order valence-corrected chi connectivity index (χ2v) is 5.44. The molecule has 0 aliphatic rings. The smallest absolute Gasteiger partial charge is 0.134 e. The highest BCUT2D eigenvalue weighted by Crippen LogP contribution is 2.20. The maximum absolute atomic E-state index is 5.98. The van der Waals surface area contributed by atoms with Crippen LogP contribution in [0.3, 0.4) is 0 Å². The maximum Gasteiger partial charge on any atom is 0.134 e. The normalized spacial score (nSPS) is 12.1. The summed E-state index contributed by atoms with van der Waals surface area (Å²) in [5, 5.41) is 3.42. The van der Waals surface area contributed by atoms with Crippen molar-refractivity contribution in [3.8, 4) is 0 Å². The summed E-state index contributed by atoms with van der Waals surface area (Å²) in [6.07, 6.45) is 1.87. The summed E-state index contributed by atoms with van der Waals surface area (Å²) in [7, 11) is 0. The Bertz CT molecular complexity index is 581. The molecule has 1 atom stereocenters. The van der Waals surface area contributed by atoms with Crippen molar-refractivity contribution < 1.29 is 0 Å². The van der Waals surface area contributed by atoms with E-state index in [1.807, 2.05) is 13.0 Å². The molecule has 0 radical (unpaired) electrons. The van der Waals surface area contributed by atoms with Gasteiger partial charge in [0.05, 0.1) is 0 Å². The van der Waals surface area contributed by atoms with Gasteiger partial charge in [-0.3, -0.25) is 0 Å². The summed E-state index contributed by atoms with van der Waals surface area (Å²) >= 11 is 0. The quantitative estimate of drug-likeness (QED) is 0.851. The average molecular weight is 284 g/mol. The standard InChI is InChI=1S/C17H24N4/c1-4-8-15-20-16(18)13(3)17(21-15)19-11-12(2)14-9-6-5-7-10-14/h5-7,9-10,12H,4,8,11H2,1-3H3,(H3,18,19,20,21). The summed E-state index contributed by atoms with van der Waals surface area (Å²) in [6.45, 7) is 7.10. The molecule has 0 spiro atoms. The number of hydrogen-bond acceptors (Lipinski definition) is 4. The molecule has 1 unspecified atom stereocenters. The summed E-state index contributed by atoms with van der Waals surface area (Å²) in [5.41, 5.74) is 8.22. The van der Waals surface area contributed by atoms with E-state index in [1.165, 1.54) is 5.56 Å². The first-order valence-corrected chi connectivity index (χ1v) is 7.53. The topological polar surface area (TPSA) is 63.8 Å². The molecule has 21 heavy (non-hydrogen) atoms. The number of nitrogen functional groups attached to an aromatic ring is 1. The van der Waals surface area contributed by atoms with E-state index in [1.54, 1.807) is 0 Å². The third kappa shape index (κ3) is 3.94. The van der Waals surface area contributed by atoms with Gasteiger partial charge >= 0.3 is 0 Å². The van der Waals surface area contributed by atoms with E-state index >= 15 is 0 Å². The van der Waals surface area contributed by atoms with Crippen LogP contribution in [0, 0.1) is 6.92 Å². The molecule has 4 nitrogen and oxygen atoms in total. The van der Waals surface area contributed by atoms with Crippen LogP contribution in [0.25, 0.3) is 0 Å². The Morgan fingerprint density at radius 1 is 1.19 bits per heavy atom. The number of nitrogens with two attached hydrogens (primary N) is 1. The number of benzene rings is 1. The maximum atomic E-state index is 5.98. The second kappa shape index (κ2) is 7.07. The fraction of sp³-hybridized carbons (Fsp3) is 0.412. The lowest BCUT2D eigenvalue weighted by Gasteiger charge is -2.16. The molecule has 0 saturated heterocycles. The first kappa shape index (κ1) is 15.3. The number of aryl methyl sites for hydroxylation is 1. The molecule has 1 aromatic carbocycles. The molecular formula is C17H24N4. The largest absolute Gasteiger partial charge is 0.383 e. The van der Waals surface area contributed by atoms with Gasteiger partial charge in [0, 0.05) is 18.5 Å². The van der Waals surface area contributed by atoms with E-state index in [4.69, 9.17) is 5.73 Å². The molecule has 0 aliphatic heterocycles. The van der Waals surface area contributed by atoms with E-state index in [0.29, 0.717) is 11.7 Å². The predicted molar refractivity (Wildman–Crippen MR) is 88.5 cm³/mol. The molecule has 4 heteroatoms. The first-order chi connectivity index (χ1) is 10.1. The minimum atomic E-state index is 0.413. The van der Waals surface area contributed by atoms with Crippen molar-refractivity contribution in [1.82, 2.24) is 9.97 Å². The number of nitrogens with zero attached hydrogens (tertiary/aromatic N) is 2. The predicted octanol–water partition coefficient (Wildman–Crippen LogP) is 3.54. The molecule has 1 heterocycles. The monoisotopic (exact) mass is 284 g/mol. The van der Waals surface area contributed by atoms with Crippen molar-refractivity contribution >= 4 is 11.6 Å². The fourth-order valence-corrected chi connectivity index (χ4v) is 2.24. The van der Waals surface area contributed by atoms with Crippen LogP contribution in [0.1, 0.15) is 43.1 Å². The zero-order chi connectivity index (χ0) is 15.2. The van der Waals surface area contributed by atoms with Crippen molar-refractivity contribution in [3.63, 3.8) is 0 Å². The molecule has 2 aromatic rings. The minimum Gasteiger partial charge on any atom is -0.383 e. The van der Waals surface area contributed by atoms with Crippen LogP contribution in [0.2, 0.25) is 0 Å². The summed E-state index contributed by atoms with van der Waals surface area (Å²) < 4.78 is 0. The van der Waals surface area contributed by atoms with E-state index in [-0.39, 0.29) is 0 Å². The van der Waals surface area contributed by atoms with E-state index < -0.39 is 0 Å². The van der Waals surface area contributed by atoms with Gasteiger partial charge in [0.15, 0.2) is 0 Å². The van der Waals surface area contributed by atoms with Crippen molar-refractivity contribution in [2.75, 3.05) is 17.6 Å². The van der Waals surface area contributed by atoms with Crippen LogP contribution in [0.4, 0.5) is 11.6 Å². The molecule has 0 aliphatic carbocycles. The molecule has 112 valence electrons. The lowest BCUT2D eigenvalue weighted by Crippen LogP contribution is -2.14. The van der Waals surface area contributed by atoms with Gasteiger partial charge in [-0.25, -0.2) is 9.97 Å². The Hall–Kier alpha value is -2.10. The van der Waals surface area contributed by atoms with Crippen molar-refractivity contribution in [2.45, 2.75) is 39.5 Å². The van der Waals surface area contributed by atoms with Crippen molar-refractivity contribution in [1.29, 1.82) is 0 Å². The van der Waals surface area contributed by atoms with Gasteiger partial charge in [-0.2, -0.15) is 0 Å². The Morgan fingerprint density at radius 2 is 1.90 bits per heavy atom. The highest BCUT2D eigenvalue weighted by molar-refractivity contribution is 5.55. The summed E-state index contributed by atoms with van der Waals surface area (Å²) in [4.78, 5) is 8.92. The van der Waals surface area contributed by atoms with Gasteiger partial charge in [-0.1, -0.05) is 44.2 Å². The van der Waals surface area contributed by atoms with Crippen LogP contribution in [-0.2, 0) is 6.42 Å². The molecule has 0 amide bonds. The van der Waals surface area contributed by atoms with Crippen LogP contribution in [0.15, 0.2) is 30.3 Å². The van der Waals surface area contributed by atoms with Gasteiger partial charge in [0.1, 0.15) is 17.5 Å². The zero-order valence-corrected chi connectivity index (χ0v) is 13.1. The van der Waals surface area contributed by atoms with Gasteiger partial charge in [0.25, 0.3) is 0 Å². The Kier molecular flexibility index (Phi) is 5.14. The van der Waals surface area contributed by atoms with Crippen LogP contribution < -0.4 is 11.1 Å². The van der Waals surface area contributed by atoms with Gasteiger partial charge in [0.2, 0.25) is 0 Å². The Labute approximate surface area is 126 Å². The first-order valence-electron chi connectivity index (χ1n) is 7.53. The number of anilines is 2. The summed E-state index contributed by atoms with van der Waals surface area (Å²) in [6, 6.07) is 10.5. The number of aromatic nitrogens is 2. The van der Waals surface area contributed by atoms with Crippen LogP contribution in [-0.4, -0.2) is 16.5 Å². The van der Waals surface area contributed by atoms with Gasteiger partial charge in [-0.05, 0) is 24.8 Å². The van der Waals surface area contributed by atoms with Crippen molar-refractivity contribution in [3.05, 3.63) is 47.3 Å².